The number of halogens is 1. The van der Waals surface area contributed by atoms with Crippen LogP contribution in [0.4, 0.5) is 0 Å². The molecule has 142 valence electrons. The maximum Gasteiger partial charge on any atom is 0.194 e. The number of aliphatic imine (C=N–C) groups is 1. The summed E-state index contributed by atoms with van der Waals surface area (Å²) in [6.45, 7) is 7.97. The molecule has 26 heavy (non-hydrogen) atoms. The van der Waals surface area contributed by atoms with E-state index in [1.165, 1.54) is 21.9 Å². The second-order valence-corrected chi connectivity index (χ2v) is 8.65. The molecule has 1 aliphatic heterocycles. The highest BCUT2D eigenvalue weighted by Crippen LogP contribution is 2.26. The summed E-state index contributed by atoms with van der Waals surface area (Å²) in [7, 11) is 0. The number of nitrogens with zero attached hydrogens (tertiary/aromatic N) is 3. The van der Waals surface area contributed by atoms with E-state index in [9.17, 15) is 0 Å². The van der Waals surface area contributed by atoms with Gasteiger partial charge in [0.15, 0.2) is 5.96 Å². The van der Waals surface area contributed by atoms with Crippen LogP contribution in [0.5, 0.6) is 0 Å². The molecule has 0 radical (unpaired) electrons. The number of aromatic nitrogens is 1. The summed E-state index contributed by atoms with van der Waals surface area (Å²) in [6, 6.07) is 10.7. The van der Waals surface area contributed by atoms with Gasteiger partial charge < -0.3 is 10.2 Å². The van der Waals surface area contributed by atoms with Crippen LogP contribution < -0.4 is 5.32 Å². The Balaban J connectivity index is 0.00000243. The lowest BCUT2D eigenvalue weighted by molar-refractivity contribution is 0.474. The van der Waals surface area contributed by atoms with Crippen molar-refractivity contribution in [3.05, 3.63) is 46.4 Å². The predicted octanol–water partition coefficient (Wildman–Crippen LogP) is 4.65. The molecular formula is C19H27IN4S2. The average molecular weight is 502 g/mol. The molecule has 0 spiro atoms. The summed E-state index contributed by atoms with van der Waals surface area (Å²) in [5.74, 6) is 2.94. The molecule has 1 N–H and O–H groups in total. The van der Waals surface area contributed by atoms with Crippen LogP contribution in [-0.4, -0.2) is 41.2 Å². The molecule has 1 saturated heterocycles. The van der Waals surface area contributed by atoms with Crippen LogP contribution in [0.15, 0.2) is 46.4 Å². The topological polar surface area (TPSA) is 40.5 Å². The molecule has 0 aliphatic carbocycles. The van der Waals surface area contributed by atoms with Gasteiger partial charge >= 0.3 is 0 Å². The van der Waals surface area contributed by atoms with Crippen molar-refractivity contribution in [3.63, 3.8) is 0 Å². The van der Waals surface area contributed by atoms with Gasteiger partial charge in [-0.15, -0.1) is 47.1 Å². The molecule has 0 bridgehead atoms. The van der Waals surface area contributed by atoms with E-state index in [1.54, 1.807) is 11.3 Å². The minimum atomic E-state index is 0. The van der Waals surface area contributed by atoms with Gasteiger partial charge in [0.1, 0.15) is 0 Å². The molecule has 3 rings (SSSR count). The molecule has 1 aromatic carbocycles. The van der Waals surface area contributed by atoms with E-state index in [-0.39, 0.29) is 24.0 Å². The number of nitrogens with one attached hydrogen (secondary N) is 1. The van der Waals surface area contributed by atoms with Crippen molar-refractivity contribution in [1.82, 2.24) is 15.2 Å². The van der Waals surface area contributed by atoms with Gasteiger partial charge in [0.05, 0.1) is 11.6 Å². The number of thioether (sulfide) groups is 1. The van der Waals surface area contributed by atoms with Crippen molar-refractivity contribution in [2.24, 2.45) is 10.9 Å². The Hall–Kier alpha value is -0.800. The summed E-state index contributed by atoms with van der Waals surface area (Å²) in [5, 5.41) is 4.56. The van der Waals surface area contributed by atoms with E-state index in [1.807, 2.05) is 24.9 Å². The molecule has 0 amide bonds. The molecule has 1 unspecified atom stereocenters. The fourth-order valence-electron chi connectivity index (χ4n) is 2.95. The first-order valence-electron chi connectivity index (χ1n) is 8.87. The smallest absolute Gasteiger partial charge is 0.194 e. The van der Waals surface area contributed by atoms with E-state index in [0.29, 0.717) is 6.54 Å². The number of aryl methyl sites for hydroxylation is 1. The van der Waals surface area contributed by atoms with E-state index >= 15 is 0 Å². The second kappa shape index (κ2) is 11.1. The molecule has 1 aromatic heterocycles. The average Bonchev–Trinajstić information content (AvgIpc) is 3.27. The Kier molecular flexibility index (Phi) is 9.21. The lowest BCUT2D eigenvalue weighted by atomic mass is 10.2. The van der Waals surface area contributed by atoms with Gasteiger partial charge in [-0.2, -0.15) is 0 Å². The zero-order valence-electron chi connectivity index (χ0n) is 15.4. The van der Waals surface area contributed by atoms with Gasteiger partial charge in [-0.25, -0.2) is 9.98 Å². The van der Waals surface area contributed by atoms with Crippen molar-refractivity contribution in [1.29, 1.82) is 0 Å². The van der Waals surface area contributed by atoms with Gasteiger partial charge in [-0.1, -0.05) is 18.2 Å². The monoisotopic (exact) mass is 502 g/mol. The van der Waals surface area contributed by atoms with Crippen molar-refractivity contribution < 1.29 is 0 Å². The third-order valence-electron chi connectivity index (χ3n) is 4.20. The van der Waals surface area contributed by atoms with E-state index in [4.69, 9.17) is 4.99 Å². The third-order valence-corrected chi connectivity index (χ3v) is 6.34. The quantitative estimate of drug-likeness (QED) is 0.270. The number of hydrogen-bond donors (Lipinski definition) is 1. The number of benzene rings is 1. The first-order valence-corrected chi connectivity index (χ1v) is 10.7. The fraction of sp³-hybridized carbons (Fsp3) is 0.474. The predicted molar refractivity (Wildman–Crippen MR) is 124 cm³/mol. The Morgan fingerprint density at radius 2 is 2.19 bits per heavy atom. The molecule has 1 atom stereocenters. The van der Waals surface area contributed by atoms with Crippen LogP contribution in [0.3, 0.4) is 0 Å². The molecule has 4 nitrogen and oxygen atoms in total. The minimum Gasteiger partial charge on any atom is -0.357 e. The van der Waals surface area contributed by atoms with Crippen LogP contribution in [0.1, 0.15) is 23.2 Å². The largest absolute Gasteiger partial charge is 0.357 e. The first-order chi connectivity index (χ1) is 12.2. The lowest BCUT2D eigenvalue weighted by Gasteiger charge is -2.21. The number of likely N-dealkylation sites (tertiary alicyclic amines) is 1. The molecule has 2 aromatic rings. The van der Waals surface area contributed by atoms with E-state index < -0.39 is 0 Å². The highest BCUT2D eigenvalue weighted by Gasteiger charge is 2.24. The molecular weight excluding hydrogens is 475 g/mol. The van der Waals surface area contributed by atoms with E-state index in [2.05, 4.69) is 52.5 Å². The normalized spacial score (nSPS) is 17.2. The number of thiazole rings is 1. The first kappa shape index (κ1) is 21.5. The molecule has 2 heterocycles. The molecule has 1 fully saturated rings. The Morgan fingerprint density at radius 3 is 2.88 bits per heavy atom. The minimum absolute atomic E-state index is 0. The molecule has 1 aliphatic rings. The number of hydrogen-bond acceptors (Lipinski definition) is 4. The Labute approximate surface area is 181 Å². The summed E-state index contributed by atoms with van der Waals surface area (Å²) in [4.78, 5) is 14.1. The van der Waals surface area contributed by atoms with Crippen LogP contribution in [-0.2, 0) is 6.54 Å². The third kappa shape index (κ3) is 6.42. The van der Waals surface area contributed by atoms with Crippen molar-refractivity contribution in [2.75, 3.05) is 25.4 Å². The summed E-state index contributed by atoms with van der Waals surface area (Å²) >= 11 is 3.69. The van der Waals surface area contributed by atoms with Gasteiger partial charge in [-0.05, 0) is 38.3 Å². The highest BCUT2D eigenvalue weighted by atomic mass is 127. The van der Waals surface area contributed by atoms with Crippen molar-refractivity contribution in [2.45, 2.75) is 31.7 Å². The van der Waals surface area contributed by atoms with Gasteiger partial charge in [0.2, 0.25) is 0 Å². The Morgan fingerprint density at radius 1 is 1.38 bits per heavy atom. The zero-order valence-corrected chi connectivity index (χ0v) is 19.3. The maximum atomic E-state index is 4.83. The SMILES string of the molecule is CCNC(=NCc1cnc(C)s1)N1CCC(CSc2ccccc2)C1.I. The highest BCUT2D eigenvalue weighted by molar-refractivity contribution is 14.0. The standard InChI is InChI=1S/C19H26N4S2.HI/c1-3-20-19(22-12-18-11-21-15(2)25-18)23-10-9-16(13-23)14-24-17-7-5-4-6-8-17;/h4-8,11,16H,3,9-10,12-14H2,1-2H3,(H,20,22);1H. The van der Waals surface area contributed by atoms with Crippen molar-refractivity contribution >= 4 is 53.0 Å². The summed E-state index contributed by atoms with van der Waals surface area (Å²) in [5.41, 5.74) is 0. The van der Waals surface area contributed by atoms with Crippen LogP contribution >= 0.6 is 47.1 Å². The second-order valence-electron chi connectivity index (χ2n) is 6.24. The number of rotatable bonds is 6. The van der Waals surface area contributed by atoms with Crippen LogP contribution in [0.2, 0.25) is 0 Å². The van der Waals surface area contributed by atoms with E-state index in [0.717, 1.165) is 36.5 Å². The number of guanidine groups is 1. The summed E-state index contributed by atoms with van der Waals surface area (Å²) in [6.07, 6.45) is 3.18. The van der Waals surface area contributed by atoms with Gasteiger partial charge in [-0.3, -0.25) is 0 Å². The Bertz CT molecular complexity index is 690. The van der Waals surface area contributed by atoms with Crippen LogP contribution in [0, 0.1) is 12.8 Å². The zero-order chi connectivity index (χ0) is 17.5. The van der Waals surface area contributed by atoms with Crippen LogP contribution in [0.25, 0.3) is 0 Å². The van der Waals surface area contributed by atoms with Crippen molar-refractivity contribution in [3.8, 4) is 0 Å². The lowest BCUT2D eigenvalue weighted by Crippen LogP contribution is -2.40. The maximum absolute atomic E-state index is 4.83. The van der Waals surface area contributed by atoms with Gasteiger partial charge in [0, 0.05) is 41.4 Å². The fourth-order valence-corrected chi connectivity index (χ4v) is 4.72. The molecule has 0 saturated carbocycles. The molecule has 7 heteroatoms. The summed E-state index contributed by atoms with van der Waals surface area (Å²) < 4.78 is 0. The van der Waals surface area contributed by atoms with Gasteiger partial charge in [0.25, 0.3) is 0 Å².